The van der Waals surface area contributed by atoms with Gasteiger partial charge in [0.1, 0.15) is 18.0 Å². The molecule has 1 aliphatic heterocycles. The van der Waals surface area contributed by atoms with Crippen molar-refractivity contribution >= 4 is 29.1 Å². The van der Waals surface area contributed by atoms with Crippen molar-refractivity contribution in [3.8, 4) is 5.82 Å². The van der Waals surface area contributed by atoms with Gasteiger partial charge in [0.15, 0.2) is 5.82 Å². The summed E-state index contributed by atoms with van der Waals surface area (Å²) in [6.45, 7) is 4.24. The molecule has 1 fully saturated rings. The van der Waals surface area contributed by atoms with E-state index in [1.807, 2.05) is 25.3 Å². The van der Waals surface area contributed by atoms with Crippen molar-refractivity contribution in [1.29, 1.82) is 0 Å². The number of benzene rings is 1. The molecule has 0 bridgehead atoms. The standard InChI is InChI=1S/C19H19ClFN7O/c1-13-4-5-28(25-13)18-11-17(22-12-23-18)26-6-8-27(9-7-26)19(29)24-14-2-3-16(21)15(20)10-14/h2-5,10-12H,6-9H2,1H3,(H,24,29). The van der Waals surface area contributed by atoms with E-state index in [2.05, 4.69) is 25.3 Å². The highest BCUT2D eigenvalue weighted by molar-refractivity contribution is 6.31. The molecule has 0 unspecified atom stereocenters. The lowest BCUT2D eigenvalue weighted by molar-refractivity contribution is 0.208. The zero-order valence-corrected chi connectivity index (χ0v) is 16.5. The maximum Gasteiger partial charge on any atom is 0.321 e. The molecule has 2 aromatic heterocycles. The number of amides is 2. The minimum Gasteiger partial charge on any atom is -0.353 e. The van der Waals surface area contributed by atoms with Gasteiger partial charge >= 0.3 is 6.03 Å². The molecule has 1 aromatic carbocycles. The molecule has 3 aromatic rings. The van der Waals surface area contributed by atoms with E-state index in [1.165, 1.54) is 24.5 Å². The van der Waals surface area contributed by atoms with Crippen LogP contribution in [0.3, 0.4) is 0 Å². The Kier molecular flexibility index (Phi) is 5.30. The van der Waals surface area contributed by atoms with Crippen molar-refractivity contribution < 1.29 is 9.18 Å². The van der Waals surface area contributed by atoms with Crippen molar-refractivity contribution in [2.45, 2.75) is 6.92 Å². The quantitative estimate of drug-likeness (QED) is 0.711. The lowest BCUT2D eigenvalue weighted by Gasteiger charge is -2.35. The number of nitrogens with zero attached hydrogens (tertiary/aromatic N) is 6. The minimum atomic E-state index is -0.521. The Bertz CT molecular complexity index is 1030. The highest BCUT2D eigenvalue weighted by Gasteiger charge is 2.22. The summed E-state index contributed by atoms with van der Waals surface area (Å²) in [4.78, 5) is 24.9. The summed E-state index contributed by atoms with van der Waals surface area (Å²) in [6.07, 6.45) is 3.37. The van der Waals surface area contributed by atoms with Crippen molar-refractivity contribution in [3.63, 3.8) is 0 Å². The Labute approximate surface area is 171 Å². The van der Waals surface area contributed by atoms with Crippen LogP contribution in [-0.4, -0.2) is 56.9 Å². The van der Waals surface area contributed by atoms with Crippen LogP contribution < -0.4 is 10.2 Å². The predicted octanol–water partition coefficient (Wildman–Crippen LogP) is 3.12. The highest BCUT2D eigenvalue weighted by atomic mass is 35.5. The maximum atomic E-state index is 13.3. The number of aromatic nitrogens is 4. The topological polar surface area (TPSA) is 79.2 Å². The molecular formula is C19H19ClFN7O. The Morgan fingerprint density at radius 1 is 1.10 bits per heavy atom. The summed E-state index contributed by atoms with van der Waals surface area (Å²) in [5.74, 6) is 0.956. The fourth-order valence-corrected chi connectivity index (χ4v) is 3.27. The number of urea groups is 1. The smallest absolute Gasteiger partial charge is 0.321 e. The van der Waals surface area contributed by atoms with Crippen LogP contribution in [0.4, 0.5) is 20.7 Å². The molecule has 1 saturated heterocycles. The zero-order valence-electron chi connectivity index (χ0n) is 15.7. The third-order valence-electron chi connectivity index (χ3n) is 4.66. The number of piperazine rings is 1. The average Bonchev–Trinajstić information content (AvgIpc) is 3.17. The average molecular weight is 416 g/mol. The normalized spacial score (nSPS) is 14.2. The van der Waals surface area contributed by atoms with Gasteiger partial charge in [0, 0.05) is 44.1 Å². The van der Waals surface area contributed by atoms with Gasteiger partial charge in [-0.1, -0.05) is 11.6 Å². The van der Waals surface area contributed by atoms with Crippen molar-refractivity contribution in [2.75, 3.05) is 36.4 Å². The van der Waals surface area contributed by atoms with E-state index in [0.717, 1.165) is 11.5 Å². The number of nitrogens with one attached hydrogen (secondary N) is 1. The summed E-state index contributed by atoms with van der Waals surface area (Å²) < 4.78 is 15.0. The molecule has 3 heterocycles. The molecule has 0 saturated carbocycles. The van der Waals surface area contributed by atoms with Crippen LogP contribution in [0.25, 0.3) is 5.82 Å². The van der Waals surface area contributed by atoms with Gasteiger partial charge in [0.2, 0.25) is 0 Å². The van der Waals surface area contributed by atoms with Gasteiger partial charge in [-0.15, -0.1) is 0 Å². The van der Waals surface area contributed by atoms with Crippen LogP contribution in [0.1, 0.15) is 5.69 Å². The van der Waals surface area contributed by atoms with Crippen LogP contribution in [0, 0.1) is 12.7 Å². The lowest BCUT2D eigenvalue weighted by atomic mass is 10.3. The fourth-order valence-electron chi connectivity index (χ4n) is 3.09. The van der Waals surface area contributed by atoms with Gasteiger partial charge < -0.3 is 15.1 Å². The lowest BCUT2D eigenvalue weighted by Crippen LogP contribution is -2.50. The largest absolute Gasteiger partial charge is 0.353 e. The molecule has 4 rings (SSSR count). The molecule has 8 nitrogen and oxygen atoms in total. The SMILES string of the molecule is Cc1ccn(-c2cc(N3CCN(C(=O)Nc4ccc(F)c(Cl)c4)CC3)ncn2)n1. The molecule has 150 valence electrons. The molecule has 2 amide bonds. The van der Waals surface area contributed by atoms with Gasteiger partial charge in [-0.25, -0.2) is 23.8 Å². The second kappa shape index (κ2) is 8.04. The second-order valence-electron chi connectivity index (χ2n) is 6.67. The Morgan fingerprint density at radius 3 is 2.55 bits per heavy atom. The Balaban J connectivity index is 1.38. The molecule has 10 heteroatoms. The molecule has 29 heavy (non-hydrogen) atoms. The summed E-state index contributed by atoms with van der Waals surface area (Å²) >= 11 is 5.76. The van der Waals surface area contributed by atoms with Crippen LogP contribution in [-0.2, 0) is 0 Å². The van der Waals surface area contributed by atoms with Gasteiger partial charge in [-0.2, -0.15) is 5.10 Å². The summed E-state index contributed by atoms with van der Waals surface area (Å²) in [7, 11) is 0. The molecule has 1 aliphatic rings. The summed E-state index contributed by atoms with van der Waals surface area (Å²) in [5, 5.41) is 7.09. The van der Waals surface area contributed by atoms with Crippen molar-refractivity contribution in [2.24, 2.45) is 0 Å². The van der Waals surface area contributed by atoms with Gasteiger partial charge in [-0.3, -0.25) is 0 Å². The van der Waals surface area contributed by atoms with Crippen molar-refractivity contribution in [1.82, 2.24) is 24.6 Å². The minimum absolute atomic E-state index is 0.0282. The number of aryl methyl sites for hydroxylation is 1. The second-order valence-corrected chi connectivity index (χ2v) is 7.08. The van der Waals surface area contributed by atoms with E-state index in [1.54, 1.807) is 9.58 Å². The molecule has 0 atom stereocenters. The van der Waals surface area contributed by atoms with Crippen LogP contribution in [0.5, 0.6) is 0 Å². The van der Waals surface area contributed by atoms with E-state index in [4.69, 9.17) is 11.6 Å². The Hall–Kier alpha value is -3.20. The van der Waals surface area contributed by atoms with E-state index in [-0.39, 0.29) is 11.1 Å². The highest BCUT2D eigenvalue weighted by Crippen LogP contribution is 2.20. The number of carbonyl (C=O) groups excluding carboxylic acids is 1. The van der Waals surface area contributed by atoms with Crippen LogP contribution in [0.15, 0.2) is 42.9 Å². The molecule has 0 spiro atoms. The number of carbonyl (C=O) groups is 1. The number of halogens is 2. The van der Waals surface area contributed by atoms with Gasteiger partial charge in [-0.05, 0) is 31.2 Å². The number of hydrogen-bond acceptors (Lipinski definition) is 5. The zero-order chi connectivity index (χ0) is 20.4. The number of rotatable bonds is 3. The maximum absolute atomic E-state index is 13.3. The van der Waals surface area contributed by atoms with Gasteiger partial charge in [0.05, 0.1) is 10.7 Å². The molecular weight excluding hydrogens is 397 g/mol. The molecule has 0 aliphatic carbocycles. The first kappa shape index (κ1) is 19.1. The first-order chi connectivity index (χ1) is 14.0. The van der Waals surface area contributed by atoms with Crippen molar-refractivity contribution in [3.05, 3.63) is 59.4 Å². The Morgan fingerprint density at radius 2 is 1.86 bits per heavy atom. The first-order valence-electron chi connectivity index (χ1n) is 9.10. The summed E-state index contributed by atoms with van der Waals surface area (Å²) in [6, 6.07) is 7.64. The number of hydrogen-bond donors (Lipinski definition) is 1. The first-order valence-corrected chi connectivity index (χ1v) is 9.48. The van der Waals surface area contributed by atoms with E-state index >= 15 is 0 Å². The fraction of sp³-hybridized carbons (Fsp3) is 0.263. The third-order valence-corrected chi connectivity index (χ3v) is 4.95. The van der Waals surface area contributed by atoms with E-state index in [0.29, 0.717) is 37.7 Å². The predicted molar refractivity (Wildman–Crippen MR) is 108 cm³/mol. The van der Waals surface area contributed by atoms with Crippen LogP contribution in [0.2, 0.25) is 5.02 Å². The van der Waals surface area contributed by atoms with Gasteiger partial charge in [0.25, 0.3) is 0 Å². The third kappa shape index (κ3) is 4.29. The van der Waals surface area contributed by atoms with E-state index < -0.39 is 5.82 Å². The number of anilines is 2. The van der Waals surface area contributed by atoms with Crippen LogP contribution >= 0.6 is 11.6 Å². The van der Waals surface area contributed by atoms with E-state index in [9.17, 15) is 9.18 Å². The monoisotopic (exact) mass is 415 g/mol. The molecule has 1 N–H and O–H groups in total. The summed E-state index contributed by atoms with van der Waals surface area (Å²) in [5.41, 5.74) is 1.37. The molecule has 0 radical (unpaired) electrons.